The third kappa shape index (κ3) is 6.42. The summed E-state index contributed by atoms with van der Waals surface area (Å²) in [4.78, 5) is 28.6. The fourth-order valence-electron chi connectivity index (χ4n) is 3.63. The molecule has 0 spiro atoms. The summed E-state index contributed by atoms with van der Waals surface area (Å²) in [5, 5.41) is 5.96. The largest absolute Gasteiger partial charge is 0.349 e. The van der Waals surface area contributed by atoms with Gasteiger partial charge in [-0.25, -0.2) is 0 Å². The Labute approximate surface area is 183 Å². The summed E-state index contributed by atoms with van der Waals surface area (Å²) in [6, 6.07) is 10.8. The van der Waals surface area contributed by atoms with Crippen molar-refractivity contribution in [3.8, 4) is 0 Å². The topological polar surface area (TPSA) is 97.1 Å². The molecule has 1 fully saturated rings. The van der Waals surface area contributed by atoms with E-state index in [9.17, 15) is 9.59 Å². The quantitative estimate of drug-likeness (QED) is 0.639. The van der Waals surface area contributed by atoms with Crippen molar-refractivity contribution in [2.75, 3.05) is 11.9 Å². The second-order valence-corrected chi connectivity index (χ2v) is 7.08. The highest BCUT2D eigenvalue weighted by molar-refractivity contribution is 6.04. The van der Waals surface area contributed by atoms with Crippen LogP contribution in [0.15, 0.2) is 48.8 Å². The van der Waals surface area contributed by atoms with Crippen LogP contribution in [-0.2, 0) is 4.79 Å². The van der Waals surface area contributed by atoms with Gasteiger partial charge in [0.05, 0.1) is 6.04 Å². The number of amides is 2. The minimum Gasteiger partial charge on any atom is -0.349 e. The normalized spacial score (nSPS) is 18.7. The molecule has 3 rings (SSSR count). The molecule has 0 aliphatic heterocycles. The van der Waals surface area contributed by atoms with Gasteiger partial charge in [-0.15, -0.1) is 24.8 Å². The maximum absolute atomic E-state index is 12.5. The number of nitrogens with two attached hydrogens (primary N) is 1. The average Bonchev–Trinajstić information content (AvgIpc) is 3.18. The van der Waals surface area contributed by atoms with Gasteiger partial charge in [-0.3, -0.25) is 14.6 Å². The van der Waals surface area contributed by atoms with E-state index in [2.05, 4.69) is 15.6 Å². The second-order valence-electron chi connectivity index (χ2n) is 7.08. The molecule has 2 aromatic rings. The Morgan fingerprint density at radius 2 is 1.76 bits per heavy atom. The summed E-state index contributed by atoms with van der Waals surface area (Å²) >= 11 is 0. The molecule has 0 bridgehead atoms. The molecule has 29 heavy (non-hydrogen) atoms. The van der Waals surface area contributed by atoms with Gasteiger partial charge in [0.25, 0.3) is 5.91 Å². The number of hydrogen-bond donors (Lipinski definition) is 3. The van der Waals surface area contributed by atoms with Gasteiger partial charge in [0.15, 0.2) is 0 Å². The zero-order chi connectivity index (χ0) is 19.2. The zero-order valence-electron chi connectivity index (χ0n) is 16.3. The highest BCUT2D eigenvalue weighted by Gasteiger charge is 2.32. The highest BCUT2D eigenvalue weighted by atomic mass is 35.5. The zero-order valence-corrected chi connectivity index (χ0v) is 18.0. The molecule has 1 saturated carbocycles. The molecule has 1 aliphatic carbocycles. The lowest BCUT2D eigenvalue weighted by Gasteiger charge is -2.21. The van der Waals surface area contributed by atoms with Gasteiger partial charge in [0.1, 0.15) is 0 Å². The van der Waals surface area contributed by atoms with Gasteiger partial charge in [-0.05, 0) is 62.1 Å². The van der Waals surface area contributed by atoms with Gasteiger partial charge >= 0.3 is 0 Å². The lowest BCUT2D eigenvalue weighted by atomic mass is 9.94. The number of rotatable bonds is 6. The fourth-order valence-corrected chi connectivity index (χ4v) is 3.63. The lowest BCUT2D eigenvalue weighted by Crippen LogP contribution is -2.36. The Kier molecular flexibility index (Phi) is 10.1. The van der Waals surface area contributed by atoms with Crippen molar-refractivity contribution in [3.05, 3.63) is 59.9 Å². The molecule has 1 aromatic heterocycles. The summed E-state index contributed by atoms with van der Waals surface area (Å²) in [5.74, 6) is 0.227. The number of halogens is 2. The van der Waals surface area contributed by atoms with E-state index < -0.39 is 0 Å². The van der Waals surface area contributed by atoms with Gasteiger partial charge < -0.3 is 16.4 Å². The number of hydrogen-bond acceptors (Lipinski definition) is 4. The second kappa shape index (κ2) is 11.8. The number of nitrogens with one attached hydrogen (secondary N) is 2. The molecule has 6 nitrogen and oxygen atoms in total. The number of carbonyl (C=O) groups excluding carboxylic acids is 2. The molecule has 8 heteroatoms. The van der Waals surface area contributed by atoms with Crippen LogP contribution < -0.4 is 16.4 Å². The van der Waals surface area contributed by atoms with Crippen molar-refractivity contribution in [1.82, 2.24) is 10.3 Å². The molecular weight excluding hydrogens is 411 g/mol. The Morgan fingerprint density at radius 1 is 1.10 bits per heavy atom. The molecule has 1 aliphatic rings. The maximum Gasteiger partial charge on any atom is 0.255 e. The molecular formula is C21H28Cl2N4O2. The van der Waals surface area contributed by atoms with Gasteiger partial charge in [0, 0.05) is 29.6 Å². The van der Waals surface area contributed by atoms with Crippen LogP contribution in [0.5, 0.6) is 0 Å². The minimum atomic E-state index is -0.180. The SMILES string of the molecule is CC(NC(=O)[C@@H]1CCC[C@@H]1CN)c1ccc(NC(=O)c2ccncc2)cc1.Cl.Cl. The first-order chi connectivity index (χ1) is 13.1. The average molecular weight is 439 g/mol. The van der Waals surface area contributed by atoms with E-state index in [1.807, 2.05) is 31.2 Å². The Balaban J connectivity index is 0.00000210. The minimum absolute atomic E-state index is 0. The highest BCUT2D eigenvalue weighted by Crippen LogP contribution is 2.31. The summed E-state index contributed by atoms with van der Waals surface area (Å²) in [7, 11) is 0. The van der Waals surface area contributed by atoms with Gasteiger partial charge in [-0.1, -0.05) is 18.6 Å². The standard InChI is InChI=1S/C21H26N4O2.2ClH/c1-14(24-21(27)19-4-2-3-17(19)13-22)15-5-7-18(8-6-15)25-20(26)16-9-11-23-12-10-16;;/h5-12,14,17,19H,2-4,13,22H2,1H3,(H,24,27)(H,25,26);2*1H/t14?,17-,19-;;/m1../s1. The number of anilines is 1. The molecule has 1 unspecified atom stereocenters. The summed E-state index contributed by atoms with van der Waals surface area (Å²) in [6.07, 6.45) is 6.19. The third-order valence-electron chi connectivity index (χ3n) is 5.27. The lowest BCUT2D eigenvalue weighted by molar-refractivity contribution is -0.126. The molecule has 158 valence electrons. The molecule has 0 saturated heterocycles. The van der Waals surface area contributed by atoms with E-state index in [1.54, 1.807) is 24.5 Å². The van der Waals surface area contributed by atoms with Crippen LogP contribution in [0.2, 0.25) is 0 Å². The first-order valence-corrected chi connectivity index (χ1v) is 9.40. The predicted molar refractivity (Wildman–Crippen MR) is 120 cm³/mol. The van der Waals surface area contributed by atoms with Gasteiger partial charge in [-0.2, -0.15) is 0 Å². The third-order valence-corrected chi connectivity index (χ3v) is 5.27. The van der Waals surface area contributed by atoms with Crippen LogP contribution in [0.25, 0.3) is 0 Å². The summed E-state index contributed by atoms with van der Waals surface area (Å²) < 4.78 is 0. The monoisotopic (exact) mass is 438 g/mol. The van der Waals surface area contributed by atoms with Crippen molar-refractivity contribution in [1.29, 1.82) is 0 Å². The first kappa shape index (κ1) is 24.9. The van der Waals surface area contributed by atoms with Crippen molar-refractivity contribution in [3.63, 3.8) is 0 Å². The van der Waals surface area contributed by atoms with Crippen molar-refractivity contribution < 1.29 is 9.59 Å². The maximum atomic E-state index is 12.5. The van der Waals surface area contributed by atoms with Crippen LogP contribution in [0.4, 0.5) is 5.69 Å². The van der Waals surface area contributed by atoms with E-state index in [1.165, 1.54) is 0 Å². The summed E-state index contributed by atoms with van der Waals surface area (Å²) in [6.45, 7) is 2.53. The van der Waals surface area contributed by atoms with Crippen LogP contribution in [-0.4, -0.2) is 23.3 Å². The Morgan fingerprint density at radius 3 is 2.38 bits per heavy atom. The van der Waals surface area contributed by atoms with Crippen LogP contribution in [0, 0.1) is 11.8 Å². The molecule has 3 atom stereocenters. The molecule has 0 radical (unpaired) electrons. The smallest absolute Gasteiger partial charge is 0.255 e. The van der Waals surface area contributed by atoms with Crippen molar-refractivity contribution in [2.24, 2.45) is 17.6 Å². The number of nitrogens with zero attached hydrogens (tertiary/aromatic N) is 1. The van der Waals surface area contributed by atoms with Crippen molar-refractivity contribution >= 4 is 42.3 Å². The predicted octanol–water partition coefficient (Wildman–Crippen LogP) is 3.73. The number of carbonyl (C=O) groups is 2. The molecule has 1 aromatic carbocycles. The van der Waals surface area contributed by atoms with E-state index in [0.29, 0.717) is 23.7 Å². The summed E-state index contributed by atoms with van der Waals surface area (Å²) in [5.41, 5.74) is 8.04. The van der Waals surface area contributed by atoms with E-state index in [4.69, 9.17) is 5.73 Å². The van der Waals surface area contributed by atoms with Crippen LogP contribution in [0.3, 0.4) is 0 Å². The van der Waals surface area contributed by atoms with Gasteiger partial charge in [0.2, 0.25) is 5.91 Å². The van der Waals surface area contributed by atoms with E-state index in [-0.39, 0.29) is 48.6 Å². The van der Waals surface area contributed by atoms with E-state index in [0.717, 1.165) is 24.8 Å². The molecule has 4 N–H and O–H groups in total. The first-order valence-electron chi connectivity index (χ1n) is 9.40. The number of pyridine rings is 1. The fraction of sp³-hybridized carbons (Fsp3) is 0.381. The number of aromatic nitrogens is 1. The molecule has 2 amide bonds. The van der Waals surface area contributed by atoms with Crippen LogP contribution >= 0.6 is 24.8 Å². The molecule has 1 heterocycles. The number of benzene rings is 1. The Bertz CT molecular complexity index is 787. The van der Waals surface area contributed by atoms with Crippen LogP contribution in [0.1, 0.15) is 48.1 Å². The van der Waals surface area contributed by atoms with E-state index >= 15 is 0 Å². The Hall–Kier alpha value is -2.15. The van der Waals surface area contributed by atoms with Crippen molar-refractivity contribution in [2.45, 2.75) is 32.2 Å².